The van der Waals surface area contributed by atoms with Crippen molar-refractivity contribution in [1.29, 1.82) is 0 Å². The summed E-state index contributed by atoms with van der Waals surface area (Å²) in [7, 11) is 0. The Morgan fingerprint density at radius 3 is 2.45 bits per heavy atom. The van der Waals surface area contributed by atoms with E-state index in [9.17, 15) is 0 Å². The summed E-state index contributed by atoms with van der Waals surface area (Å²) in [6.45, 7) is 2.11. The summed E-state index contributed by atoms with van der Waals surface area (Å²) >= 11 is 0. The van der Waals surface area contributed by atoms with Crippen LogP contribution in [0.1, 0.15) is 5.56 Å². The van der Waals surface area contributed by atoms with Crippen LogP contribution in [0.5, 0.6) is 0 Å². The Morgan fingerprint density at radius 1 is 0.727 bits per heavy atom. The number of benzene rings is 3. The summed E-state index contributed by atoms with van der Waals surface area (Å²) < 4.78 is 0. The predicted molar refractivity (Wildman–Crippen MR) is 89.5 cm³/mol. The molecule has 0 atom stereocenters. The predicted octanol–water partition coefficient (Wildman–Crippen LogP) is 4.60. The van der Waals surface area contributed by atoms with Gasteiger partial charge in [-0.3, -0.25) is 0 Å². The van der Waals surface area contributed by atoms with Crippen molar-refractivity contribution in [2.24, 2.45) is 0 Å². The van der Waals surface area contributed by atoms with E-state index in [0.29, 0.717) is 0 Å². The summed E-state index contributed by atoms with van der Waals surface area (Å²) in [5.41, 5.74) is 7.73. The van der Waals surface area contributed by atoms with Gasteiger partial charge in [-0.2, -0.15) is 15.4 Å². The summed E-state index contributed by atoms with van der Waals surface area (Å²) in [6, 6.07) is 23.1. The molecule has 0 aliphatic rings. The molecule has 0 aliphatic heterocycles. The number of nitrogens with one attached hydrogen (secondary N) is 1. The molecule has 0 aliphatic carbocycles. The normalized spacial score (nSPS) is 11.0. The minimum atomic E-state index is 0.887. The van der Waals surface area contributed by atoms with Crippen LogP contribution in [-0.4, -0.2) is 15.4 Å². The first kappa shape index (κ1) is 12.8. The molecule has 0 spiro atoms. The van der Waals surface area contributed by atoms with E-state index in [1.807, 2.05) is 18.2 Å². The number of H-pyrrole nitrogens is 1. The van der Waals surface area contributed by atoms with Crippen molar-refractivity contribution in [2.75, 3.05) is 0 Å². The average Bonchev–Trinajstić information content (AvgIpc) is 3.04. The third-order valence-electron chi connectivity index (χ3n) is 3.90. The number of hydrogen-bond acceptors (Lipinski definition) is 2. The lowest BCUT2D eigenvalue weighted by atomic mass is 9.92. The summed E-state index contributed by atoms with van der Waals surface area (Å²) in [5, 5.41) is 11.2. The van der Waals surface area contributed by atoms with Gasteiger partial charge < -0.3 is 0 Å². The Labute approximate surface area is 128 Å². The summed E-state index contributed by atoms with van der Waals surface area (Å²) in [5.74, 6) is 0. The van der Waals surface area contributed by atoms with Gasteiger partial charge in [0.25, 0.3) is 0 Å². The first-order valence-corrected chi connectivity index (χ1v) is 7.29. The highest BCUT2D eigenvalue weighted by Crippen LogP contribution is 2.35. The quantitative estimate of drug-likeness (QED) is 0.584. The van der Waals surface area contributed by atoms with E-state index in [1.165, 1.54) is 22.3 Å². The molecule has 0 bridgehead atoms. The summed E-state index contributed by atoms with van der Waals surface area (Å²) in [6.07, 6.45) is 0. The third-order valence-corrected chi connectivity index (χ3v) is 3.90. The third kappa shape index (κ3) is 2.07. The number of hydrogen-bond donors (Lipinski definition) is 1. The molecule has 4 aromatic rings. The molecule has 0 saturated heterocycles. The van der Waals surface area contributed by atoms with E-state index >= 15 is 0 Å². The Bertz CT molecular complexity index is 939. The molecule has 0 fully saturated rings. The first-order chi connectivity index (χ1) is 10.8. The second-order valence-electron chi connectivity index (χ2n) is 5.41. The lowest BCUT2D eigenvalue weighted by Crippen LogP contribution is -1.88. The Kier molecular flexibility index (Phi) is 2.97. The molecule has 1 heterocycles. The zero-order valence-corrected chi connectivity index (χ0v) is 12.2. The smallest absolute Gasteiger partial charge is 0.120 e. The van der Waals surface area contributed by atoms with Crippen molar-refractivity contribution < 1.29 is 0 Å². The minimum absolute atomic E-state index is 0.887. The van der Waals surface area contributed by atoms with Crippen molar-refractivity contribution in [2.45, 2.75) is 6.92 Å². The molecule has 22 heavy (non-hydrogen) atoms. The second kappa shape index (κ2) is 5.11. The molecule has 0 amide bonds. The van der Waals surface area contributed by atoms with Gasteiger partial charge in [0.1, 0.15) is 11.0 Å². The van der Waals surface area contributed by atoms with Gasteiger partial charge >= 0.3 is 0 Å². The number of rotatable bonds is 2. The number of aromatic amines is 1. The van der Waals surface area contributed by atoms with Crippen LogP contribution < -0.4 is 0 Å². The maximum atomic E-state index is 4.32. The van der Waals surface area contributed by atoms with Gasteiger partial charge in [-0.15, -0.1) is 0 Å². The number of para-hydroxylation sites is 1. The molecular weight excluding hydrogens is 270 g/mol. The van der Waals surface area contributed by atoms with E-state index in [4.69, 9.17) is 0 Å². The van der Waals surface area contributed by atoms with Gasteiger partial charge in [-0.1, -0.05) is 66.2 Å². The molecule has 3 heteroatoms. The van der Waals surface area contributed by atoms with Crippen LogP contribution in [0, 0.1) is 6.92 Å². The van der Waals surface area contributed by atoms with Crippen LogP contribution in [0.15, 0.2) is 66.7 Å². The molecule has 3 aromatic carbocycles. The van der Waals surface area contributed by atoms with Crippen molar-refractivity contribution >= 4 is 11.0 Å². The maximum Gasteiger partial charge on any atom is 0.120 e. The van der Waals surface area contributed by atoms with E-state index in [-0.39, 0.29) is 0 Å². The van der Waals surface area contributed by atoms with E-state index in [1.54, 1.807) is 0 Å². The number of nitrogens with zero attached hydrogens (tertiary/aromatic N) is 2. The Hall–Kier alpha value is -2.94. The summed E-state index contributed by atoms with van der Waals surface area (Å²) in [4.78, 5) is 0. The van der Waals surface area contributed by atoms with Gasteiger partial charge in [-0.05, 0) is 29.7 Å². The van der Waals surface area contributed by atoms with E-state index in [2.05, 4.69) is 70.9 Å². The molecule has 0 unspecified atom stereocenters. The van der Waals surface area contributed by atoms with Crippen LogP contribution in [-0.2, 0) is 0 Å². The molecule has 1 N–H and O–H groups in total. The standard InChI is InChI=1S/C19H15N3/c1-13-10-11-15(14-6-3-2-4-7-14)17(12-13)16-8-5-9-18-19(16)21-22-20-18/h2-12H,1H3,(H,20,21,22). The zero-order chi connectivity index (χ0) is 14.9. The van der Waals surface area contributed by atoms with Gasteiger partial charge in [-0.25, -0.2) is 0 Å². The van der Waals surface area contributed by atoms with Crippen LogP contribution in [0.2, 0.25) is 0 Å². The fourth-order valence-electron chi connectivity index (χ4n) is 2.84. The highest BCUT2D eigenvalue weighted by Gasteiger charge is 2.12. The fraction of sp³-hybridized carbons (Fsp3) is 0.0526. The largest absolute Gasteiger partial charge is 0.197 e. The van der Waals surface area contributed by atoms with Crippen molar-refractivity contribution in [1.82, 2.24) is 15.4 Å². The highest BCUT2D eigenvalue weighted by atomic mass is 15.3. The van der Waals surface area contributed by atoms with Crippen LogP contribution in [0.4, 0.5) is 0 Å². The lowest BCUT2D eigenvalue weighted by molar-refractivity contribution is 0.959. The molecule has 4 rings (SSSR count). The van der Waals surface area contributed by atoms with Crippen molar-refractivity contribution in [3.8, 4) is 22.3 Å². The Morgan fingerprint density at radius 2 is 1.59 bits per heavy atom. The monoisotopic (exact) mass is 285 g/mol. The SMILES string of the molecule is Cc1ccc(-c2ccccc2)c(-c2cccc3n[nH]nc23)c1. The number of aryl methyl sites for hydroxylation is 1. The molecule has 3 nitrogen and oxygen atoms in total. The topological polar surface area (TPSA) is 41.6 Å². The van der Waals surface area contributed by atoms with Gasteiger partial charge in [0.05, 0.1) is 0 Å². The van der Waals surface area contributed by atoms with Crippen LogP contribution in [0.3, 0.4) is 0 Å². The molecular formula is C19H15N3. The minimum Gasteiger partial charge on any atom is -0.197 e. The maximum absolute atomic E-state index is 4.32. The molecule has 0 saturated carbocycles. The molecule has 0 radical (unpaired) electrons. The zero-order valence-electron chi connectivity index (χ0n) is 12.2. The Balaban J connectivity index is 2.02. The van der Waals surface area contributed by atoms with Crippen LogP contribution >= 0.6 is 0 Å². The first-order valence-electron chi connectivity index (χ1n) is 7.29. The van der Waals surface area contributed by atoms with Gasteiger partial charge in [0.2, 0.25) is 0 Å². The second-order valence-corrected chi connectivity index (χ2v) is 5.41. The number of fused-ring (bicyclic) bond motifs is 1. The van der Waals surface area contributed by atoms with Crippen LogP contribution in [0.25, 0.3) is 33.3 Å². The van der Waals surface area contributed by atoms with Crippen molar-refractivity contribution in [3.63, 3.8) is 0 Å². The van der Waals surface area contributed by atoms with Crippen molar-refractivity contribution in [3.05, 3.63) is 72.3 Å². The average molecular weight is 285 g/mol. The molecule has 1 aromatic heterocycles. The van der Waals surface area contributed by atoms with Gasteiger partial charge in [0, 0.05) is 5.56 Å². The lowest BCUT2D eigenvalue weighted by Gasteiger charge is -2.11. The highest BCUT2D eigenvalue weighted by molar-refractivity contribution is 5.96. The van der Waals surface area contributed by atoms with Gasteiger partial charge in [0.15, 0.2) is 0 Å². The van der Waals surface area contributed by atoms with E-state index < -0.39 is 0 Å². The number of aromatic nitrogens is 3. The van der Waals surface area contributed by atoms with E-state index in [0.717, 1.165) is 16.6 Å². The molecule has 106 valence electrons. The fourth-order valence-corrected chi connectivity index (χ4v) is 2.84.